The molecule has 2 heterocycles. The lowest BCUT2D eigenvalue weighted by Gasteiger charge is -2.33. The van der Waals surface area contributed by atoms with Gasteiger partial charge >= 0.3 is 0 Å². The van der Waals surface area contributed by atoms with E-state index in [1.165, 1.54) is 19.3 Å². The second-order valence-electron chi connectivity index (χ2n) is 7.34. The third-order valence-corrected chi connectivity index (χ3v) is 5.72. The number of carbonyl (C=O) groups excluding carboxylic acids is 1. The summed E-state index contributed by atoms with van der Waals surface area (Å²) in [7, 11) is 0. The normalized spacial score (nSPS) is 25.0. The second-order valence-corrected chi connectivity index (χ2v) is 7.34. The summed E-state index contributed by atoms with van der Waals surface area (Å²) in [6, 6.07) is 11.7. The van der Waals surface area contributed by atoms with Gasteiger partial charge in [-0.05, 0) is 61.6 Å². The van der Waals surface area contributed by atoms with Gasteiger partial charge in [-0.3, -0.25) is 9.78 Å². The molecule has 26 heavy (non-hydrogen) atoms. The van der Waals surface area contributed by atoms with Gasteiger partial charge in [-0.1, -0.05) is 12.8 Å². The average molecular weight is 351 g/mol. The number of anilines is 2. The lowest BCUT2D eigenvalue weighted by molar-refractivity contribution is 0.0553. The molecule has 0 bridgehead atoms. The largest absolute Gasteiger partial charge is 0.394 e. The number of hydrogen-bond donors (Lipinski definition) is 2. The van der Waals surface area contributed by atoms with Crippen LogP contribution in [0, 0.1) is 5.92 Å². The van der Waals surface area contributed by atoms with Crippen LogP contribution in [0.25, 0.3) is 0 Å². The van der Waals surface area contributed by atoms with Crippen molar-refractivity contribution in [1.29, 1.82) is 0 Å². The quantitative estimate of drug-likeness (QED) is 0.883. The molecule has 2 aromatic rings. The highest BCUT2D eigenvalue weighted by molar-refractivity contribution is 5.95. The standard InChI is InChI=1S/C21H25N3O2/c25-14-19-12-16-4-1-2-6-20(16)24(19)21(26)15-7-9-17(10-8-15)23-18-5-3-11-22-13-18/h3,5,7-11,13,16,19-20,23,25H,1-2,4,6,12,14H2/t16-,19-,20-/m0/s1. The number of hydrogen-bond acceptors (Lipinski definition) is 4. The van der Waals surface area contributed by atoms with Crippen LogP contribution < -0.4 is 5.32 Å². The van der Waals surface area contributed by atoms with Crippen LogP contribution in [0.3, 0.4) is 0 Å². The molecule has 136 valence electrons. The van der Waals surface area contributed by atoms with Gasteiger partial charge in [-0.25, -0.2) is 0 Å². The number of benzene rings is 1. The Labute approximate surface area is 154 Å². The summed E-state index contributed by atoms with van der Waals surface area (Å²) in [6.07, 6.45) is 9.10. The molecular weight excluding hydrogens is 326 g/mol. The molecule has 0 spiro atoms. The molecule has 1 aliphatic carbocycles. The van der Waals surface area contributed by atoms with E-state index in [1.807, 2.05) is 41.3 Å². The zero-order valence-corrected chi connectivity index (χ0v) is 14.8. The predicted octanol–water partition coefficient (Wildman–Crippen LogP) is 3.59. The molecule has 5 heteroatoms. The predicted molar refractivity (Wildman–Crippen MR) is 101 cm³/mol. The zero-order chi connectivity index (χ0) is 17.9. The van der Waals surface area contributed by atoms with Crippen molar-refractivity contribution in [3.8, 4) is 0 Å². The van der Waals surface area contributed by atoms with Crippen molar-refractivity contribution in [2.75, 3.05) is 11.9 Å². The first-order chi connectivity index (χ1) is 12.8. The number of aromatic nitrogens is 1. The van der Waals surface area contributed by atoms with Gasteiger partial charge in [0, 0.05) is 23.5 Å². The Hall–Kier alpha value is -2.40. The molecule has 1 amide bonds. The van der Waals surface area contributed by atoms with Crippen LogP contribution >= 0.6 is 0 Å². The maximum Gasteiger partial charge on any atom is 0.254 e. The number of nitrogens with zero attached hydrogens (tertiary/aromatic N) is 2. The number of amides is 1. The summed E-state index contributed by atoms with van der Waals surface area (Å²) in [5.74, 6) is 0.600. The summed E-state index contributed by atoms with van der Waals surface area (Å²) in [6.45, 7) is 0.0549. The fourth-order valence-corrected chi connectivity index (χ4v) is 4.49. The molecule has 1 aliphatic heterocycles. The van der Waals surface area contributed by atoms with Crippen LogP contribution in [-0.2, 0) is 0 Å². The summed E-state index contributed by atoms with van der Waals surface area (Å²) in [4.78, 5) is 19.2. The van der Waals surface area contributed by atoms with Crippen molar-refractivity contribution in [1.82, 2.24) is 9.88 Å². The number of carbonyl (C=O) groups is 1. The monoisotopic (exact) mass is 351 g/mol. The van der Waals surface area contributed by atoms with Crippen molar-refractivity contribution >= 4 is 17.3 Å². The van der Waals surface area contributed by atoms with E-state index >= 15 is 0 Å². The molecule has 1 aromatic carbocycles. The Morgan fingerprint density at radius 1 is 1.15 bits per heavy atom. The highest BCUT2D eigenvalue weighted by Crippen LogP contribution is 2.40. The van der Waals surface area contributed by atoms with Crippen molar-refractivity contribution in [2.24, 2.45) is 5.92 Å². The van der Waals surface area contributed by atoms with Crippen molar-refractivity contribution in [3.63, 3.8) is 0 Å². The number of nitrogens with one attached hydrogen (secondary N) is 1. The van der Waals surface area contributed by atoms with Gasteiger partial charge in [0.15, 0.2) is 0 Å². The Morgan fingerprint density at radius 3 is 2.69 bits per heavy atom. The molecule has 0 unspecified atom stereocenters. The van der Waals surface area contributed by atoms with Gasteiger partial charge in [0.05, 0.1) is 24.5 Å². The summed E-state index contributed by atoms with van der Waals surface area (Å²) >= 11 is 0. The maximum absolute atomic E-state index is 13.1. The number of rotatable bonds is 4. The van der Waals surface area contributed by atoms with E-state index in [0.29, 0.717) is 17.5 Å². The molecule has 5 nitrogen and oxygen atoms in total. The van der Waals surface area contributed by atoms with Gasteiger partial charge in [-0.15, -0.1) is 0 Å². The average Bonchev–Trinajstić information content (AvgIpc) is 3.07. The third kappa shape index (κ3) is 3.31. The molecule has 2 N–H and O–H groups in total. The second kappa shape index (κ2) is 7.46. The number of pyridine rings is 1. The van der Waals surface area contributed by atoms with E-state index in [4.69, 9.17) is 0 Å². The molecule has 0 radical (unpaired) electrons. The smallest absolute Gasteiger partial charge is 0.254 e. The van der Waals surface area contributed by atoms with Crippen LogP contribution in [0.1, 0.15) is 42.5 Å². The molecule has 1 saturated carbocycles. The van der Waals surface area contributed by atoms with Crippen LogP contribution in [0.15, 0.2) is 48.8 Å². The topological polar surface area (TPSA) is 65.5 Å². The first-order valence-electron chi connectivity index (χ1n) is 9.47. The van der Waals surface area contributed by atoms with Gasteiger partial charge in [-0.2, -0.15) is 0 Å². The third-order valence-electron chi connectivity index (χ3n) is 5.72. The Bertz CT molecular complexity index is 748. The van der Waals surface area contributed by atoms with E-state index < -0.39 is 0 Å². The minimum absolute atomic E-state index is 0.0382. The first kappa shape index (κ1) is 17.0. The minimum Gasteiger partial charge on any atom is -0.394 e. The van der Waals surface area contributed by atoms with Crippen LogP contribution in [0.5, 0.6) is 0 Å². The molecular formula is C21H25N3O2. The zero-order valence-electron chi connectivity index (χ0n) is 14.8. The minimum atomic E-state index is -0.0382. The van der Waals surface area contributed by atoms with Gasteiger partial charge in [0.2, 0.25) is 0 Å². The van der Waals surface area contributed by atoms with Gasteiger partial charge in [0.1, 0.15) is 0 Å². The molecule has 4 rings (SSSR count). The van der Waals surface area contributed by atoms with E-state index in [2.05, 4.69) is 10.3 Å². The highest BCUT2D eigenvalue weighted by atomic mass is 16.3. The summed E-state index contributed by atoms with van der Waals surface area (Å²) in [5, 5.41) is 13.1. The molecule has 3 atom stereocenters. The summed E-state index contributed by atoms with van der Waals surface area (Å²) < 4.78 is 0. The van der Waals surface area contributed by atoms with Crippen LogP contribution in [-0.4, -0.2) is 39.6 Å². The number of likely N-dealkylation sites (tertiary alicyclic amines) is 1. The molecule has 1 aromatic heterocycles. The Morgan fingerprint density at radius 2 is 1.96 bits per heavy atom. The fourth-order valence-electron chi connectivity index (χ4n) is 4.49. The van der Waals surface area contributed by atoms with Crippen molar-refractivity contribution in [3.05, 3.63) is 54.4 Å². The maximum atomic E-state index is 13.1. The molecule has 2 aliphatic rings. The Kier molecular flexibility index (Phi) is 4.89. The number of aliphatic hydroxyl groups excluding tert-OH is 1. The Balaban J connectivity index is 1.50. The van der Waals surface area contributed by atoms with E-state index in [9.17, 15) is 9.90 Å². The van der Waals surface area contributed by atoms with E-state index in [1.54, 1.807) is 12.4 Å². The SMILES string of the molecule is O=C(c1ccc(Nc2cccnc2)cc1)N1[C@H](CO)C[C@@H]2CCCC[C@@H]21. The fraction of sp³-hybridized carbons (Fsp3) is 0.429. The highest BCUT2D eigenvalue weighted by Gasteiger charge is 2.44. The van der Waals surface area contributed by atoms with E-state index in [-0.39, 0.29) is 18.6 Å². The molecule has 2 fully saturated rings. The van der Waals surface area contributed by atoms with Crippen molar-refractivity contribution < 1.29 is 9.90 Å². The lowest BCUT2D eigenvalue weighted by atomic mass is 9.84. The van der Waals surface area contributed by atoms with E-state index in [0.717, 1.165) is 24.2 Å². The van der Waals surface area contributed by atoms with Crippen molar-refractivity contribution in [2.45, 2.75) is 44.2 Å². The lowest BCUT2D eigenvalue weighted by Crippen LogP contribution is -2.44. The number of fused-ring (bicyclic) bond motifs is 1. The summed E-state index contributed by atoms with van der Waals surface area (Å²) in [5.41, 5.74) is 2.52. The number of aliphatic hydroxyl groups is 1. The van der Waals surface area contributed by atoms with Gasteiger partial charge in [0.25, 0.3) is 5.91 Å². The van der Waals surface area contributed by atoms with Crippen LogP contribution in [0.4, 0.5) is 11.4 Å². The van der Waals surface area contributed by atoms with Gasteiger partial charge < -0.3 is 15.3 Å². The van der Waals surface area contributed by atoms with Crippen LogP contribution in [0.2, 0.25) is 0 Å². The first-order valence-corrected chi connectivity index (χ1v) is 9.47. The molecule has 1 saturated heterocycles.